The molecule has 1 aromatic heterocycles. The molecule has 3 rings (SSSR count). The lowest BCUT2D eigenvalue weighted by Crippen LogP contribution is -2.40. The maximum Gasteiger partial charge on any atom is 0.260 e. The van der Waals surface area contributed by atoms with Gasteiger partial charge in [-0.05, 0) is 29.0 Å². The van der Waals surface area contributed by atoms with Gasteiger partial charge in [-0.2, -0.15) is 0 Å². The number of methoxy groups -OCH3 is 2. The molecule has 0 saturated heterocycles. The topological polar surface area (TPSA) is 35.5 Å². The first-order valence-corrected chi connectivity index (χ1v) is 6.44. The summed E-state index contributed by atoms with van der Waals surface area (Å²) in [4.78, 5) is 12.1. The molecule has 1 heterocycles. The number of carbonyl (C=O) groups excluding carboxylic acids is 1. The zero-order valence-corrected chi connectivity index (χ0v) is 10.9. The zero-order valence-electron chi connectivity index (χ0n) is 10.1. The molecule has 0 N–H and O–H groups in total. The number of hydrogen-bond donors (Lipinski definition) is 0. The van der Waals surface area contributed by atoms with Gasteiger partial charge < -0.3 is 9.47 Å². The van der Waals surface area contributed by atoms with E-state index in [0.29, 0.717) is 0 Å². The lowest BCUT2D eigenvalue weighted by Gasteiger charge is -2.32. The van der Waals surface area contributed by atoms with Gasteiger partial charge in [0.2, 0.25) is 5.78 Å². The van der Waals surface area contributed by atoms with Crippen molar-refractivity contribution in [3.63, 3.8) is 0 Å². The number of hydrogen-bond acceptors (Lipinski definition) is 4. The molecule has 18 heavy (non-hydrogen) atoms. The monoisotopic (exact) mass is 260 g/mol. The Bertz CT molecular complexity index is 650. The predicted molar refractivity (Wildman–Crippen MR) is 71.6 cm³/mol. The lowest BCUT2D eigenvalue weighted by atomic mass is 9.89. The van der Waals surface area contributed by atoms with Crippen molar-refractivity contribution in [2.45, 2.75) is 5.79 Å². The van der Waals surface area contributed by atoms with Crippen LogP contribution < -0.4 is 0 Å². The van der Waals surface area contributed by atoms with Gasteiger partial charge in [0.25, 0.3) is 5.79 Å². The highest BCUT2D eigenvalue weighted by molar-refractivity contribution is 7.17. The summed E-state index contributed by atoms with van der Waals surface area (Å²) >= 11 is 1.65. The van der Waals surface area contributed by atoms with Crippen molar-refractivity contribution < 1.29 is 14.3 Å². The Morgan fingerprint density at radius 1 is 1.11 bits per heavy atom. The van der Waals surface area contributed by atoms with E-state index in [0.717, 1.165) is 15.8 Å². The van der Waals surface area contributed by atoms with Crippen molar-refractivity contribution in [2.24, 2.45) is 0 Å². The van der Waals surface area contributed by atoms with Crippen molar-refractivity contribution in [1.82, 2.24) is 0 Å². The Hall–Kier alpha value is -1.49. The van der Waals surface area contributed by atoms with Crippen LogP contribution in [-0.4, -0.2) is 20.0 Å². The van der Waals surface area contributed by atoms with E-state index >= 15 is 0 Å². The Labute approximate surface area is 109 Å². The first kappa shape index (κ1) is 11.6. The van der Waals surface area contributed by atoms with Crippen LogP contribution in [0.1, 0.15) is 11.1 Å². The molecule has 0 spiro atoms. The van der Waals surface area contributed by atoms with Crippen LogP contribution in [-0.2, 0) is 20.1 Å². The molecule has 3 nitrogen and oxygen atoms in total. The number of ether oxygens (including phenoxy) is 2. The number of carbonyl (C=O) groups is 1. The van der Waals surface area contributed by atoms with Crippen LogP contribution in [0, 0.1) is 0 Å². The van der Waals surface area contributed by atoms with Gasteiger partial charge in [-0.15, -0.1) is 11.3 Å². The molecule has 1 aliphatic carbocycles. The molecule has 0 aliphatic heterocycles. The summed E-state index contributed by atoms with van der Waals surface area (Å²) in [6, 6.07) is 5.95. The second-order valence-corrected chi connectivity index (χ2v) is 5.00. The number of thiophene rings is 1. The van der Waals surface area contributed by atoms with Gasteiger partial charge in [-0.1, -0.05) is 12.1 Å². The minimum Gasteiger partial charge on any atom is -0.343 e. The van der Waals surface area contributed by atoms with E-state index < -0.39 is 5.79 Å². The SMILES string of the molecule is COC1(OC)C(=O)C=Cc2c1ccc1ccsc21. The van der Waals surface area contributed by atoms with Crippen molar-refractivity contribution in [2.75, 3.05) is 14.2 Å². The van der Waals surface area contributed by atoms with Crippen molar-refractivity contribution >= 4 is 33.3 Å². The third-order valence-electron chi connectivity index (χ3n) is 3.32. The van der Waals surface area contributed by atoms with Crippen LogP contribution in [0.15, 0.2) is 29.7 Å². The molecule has 2 aromatic rings. The second-order valence-electron chi connectivity index (χ2n) is 4.09. The van der Waals surface area contributed by atoms with Crippen LogP contribution >= 0.6 is 11.3 Å². The Morgan fingerprint density at radius 3 is 2.61 bits per heavy atom. The molecular formula is C14H12O3S. The van der Waals surface area contributed by atoms with E-state index in [-0.39, 0.29) is 5.78 Å². The normalized spacial score (nSPS) is 17.1. The van der Waals surface area contributed by atoms with E-state index in [1.807, 2.05) is 23.6 Å². The second kappa shape index (κ2) is 4.02. The van der Waals surface area contributed by atoms with Gasteiger partial charge >= 0.3 is 0 Å². The van der Waals surface area contributed by atoms with Gasteiger partial charge in [0.05, 0.1) is 0 Å². The van der Waals surface area contributed by atoms with Crippen LogP contribution in [0.4, 0.5) is 0 Å². The molecule has 1 aromatic carbocycles. The van der Waals surface area contributed by atoms with Crippen LogP contribution in [0.25, 0.3) is 16.2 Å². The quantitative estimate of drug-likeness (QED) is 0.779. The van der Waals surface area contributed by atoms with Crippen LogP contribution in [0.5, 0.6) is 0 Å². The average Bonchev–Trinajstić information content (AvgIpc) is 2.87. The minimum atomic E-state index is -1.30. The average molecular weight is 260 g/mol. The summed E-state index contributed by atoms with van der Waals surface area (Å²) in [5, 5.41) is 3.20. The summed E-state index contributed by atoms with van der Waals surface area (Å²) < 4.78 is 11.9. The fourth-order valence-corrected chi connectivity index (χ4v) is 3.34. The molecule has 92 valence electrons. The molecule has 0 atom stereocenters. The Kier molecular flexibility index (Phi) is 2.59. The largest absolute Gasteiger partial charge is 0.343 e. The maximum absolute atomic E-state index is 12.1. The van der Waals surface area contributed by atoms with Gasteiger partial charge in [-0.3, -0.25) is 4.79 Å². The highest BCUT2D eigenvalue weighted by Crippen LogP contribution is 2.39. The summed E-state index contributed by atoms with van der Waals surface area (Å²) in [5.41, 5.74) is 1.78. The fraction of sp³-hybridized carbons (Fsp3) is 0.214. The van der Waals surface area contributed by atoms with E-state index in [2.05, 4.69) is 6.07 Å². The standard InChI is InChI=1S/C14H12O3S/c1-16-14(17-2)11-5-3-9-7-8-18-13(9)10(11)4-6-12(14)15/h3-8H,1-2H3. The van der Waals surface area contributed by atoms with Gasteiger partial charge in [0, 0.05) is 30.0 Å². The predicted octanol–water partition coefficient (Wildman–Crippen LogP) is 2.94. The van der Waals surface area contributed by atoms with Crippen LogP contribution in [0.2, 0.25) is 0 Å². The van der Waals surface area contributed by atoms with Gasteiger partial charge in [0.15, 0.2) is 0 Å². The molecule has 0 unspecified atom stereocenters. The number of rotatable bonds is 2. The van der Waals surface area contributed by atoms with Crippen LogP contribution in [0.3, 0.4) is 0 Å². The molecule has 0 bridgehead atoms. The number of ketones is 1. The first-order valence-electron chi connectivity index (χ1n) is 5.56. The third kappa shape index (κ3) is 1.34. The molecule has 0 amide bonds. The summed E-state index contributed by atoms with van der Waals surface area (Å²) in [6.07, 6.45) is 3.36. The number of benzene rings is 1. The number of fused-ring (bicyclic) bond motifs is 3. The minimum absolute atomic E-state index is 0.184. The maximum atomic E-state index is 12.1. The Balaban J connectivity index is 2.37. The third-order valence-corrected chi connectivity index (χ3v) is 4.28. The Morgan fingerprint density at radius 2 is 1.89 bits per heavy atom. The highest BCUT2D eigenvalue weighted by Gasteiger charge is 2.43. The van der Waals surface area contributed by atoms with Gasteiger partial charge in [-0.25, -0.2) is 0 Å². The summed E-state index contributed by atoms with van der Waals surface area (Å²) in [6.45, 7) is 0. The van der Waals surface area contributed by atoms with Crippen molar-refractivity contribution in [3.05, 3.63) is 40.8 Å². The first-order chi connectivity index (χ1) is 8.73. The molecule has 4 heteroatoms. The lowest BCUT2D eigenvalue weighted by molar-refractivity contribution is -0.209. The van der Waals surface area contributed by atoms with E-state index in [1.165, 1.54) is 25.7 Å². The molecule has 1 aliphatic rings. The summed E-state index contributed by atoms with van der Waals surface area (Å²) in [7, 11) is 2.98. The highest BCUT2D eigenvalue weighted by atomic mass is 32.1. The molecule has 0 saturated carbocycles. The van der Waals surface area contributed by atoms with E-state index in [9.17, 15) is 4.79 Å². The van der Waals surface area contributed by atoms with Crippen molar-refractivity contribution in [1.29, 1.82) is 0 Å². The van der Waals surface area contributed by atoms with Gasteiger partial charge in [0.1, 0.15) is 0 Å². The van der Waals surface area contributed by atoms with Crippen molar-refractivity contribution in [3.8, 4) is 0 Å². The summed E-state index contributed by atoms with van der Waals surface area (Å²) in [5.74, 6) is -1.49. The molecular weight excluding hydrogens is 248 g/mol. The fourth-order valence-electron chi connectivity index (χ4n) is 2.41. The van der Waals surface area contributed by atoms with E-state index in [4.69, 9.17) is 9.47 Å². The molecule has 0 fully saturated rings. The zero-order chi connectivity index (χ0) is 12.8. The molecule has 0 radical (unpaired) electrons. The van der Waals surface area contributed by atoms with E-state index in [1.54, 1.807) is 11.3 Å². The smallest absolute Gasteiger partial charge is 0.260 e.